The lowest BCUT2D eigenvalue weighted by Gasteiger charge is -2.31. The Kier molecular flexibility index (Phi) is 7.62. The van der Waals surface area contributed by atoms with Crippen molar-refractivity contribution in [3.05, 3.63) is 45.2 Å². The highest BCUT2D eigenvalue weighted by molar-refractivity contribution is 7.90. The maximum atomic E-state index is 13.1. The van der Waals surface area contributed by atoms with E-state index in [1.165, 1.54) is 4.90 Å². The quantitative estimate of drug-likeness (QED) is 0.265. The summed E-state index contributed by atoms with van der Waals surface area (Å²) in [4.78, 5) is 14.7. The van der Waals surface area contributed by atoms with E-state index in [4.69, 9.17) is 23.2 Å². The average molecular weight is 644 g/mol. The van der Waals surface area contributed by atoms with Crippen molar-refractivity contribution >= 4 is 49.3 Å². The highest BCUT2D eigenvalue weighted by Gasteiger charge is 2.49. The first-order valence-electron chi connectivity index (χ1n) is 11.0. The molecule has 0 saturated carbocycles. The fraction of sp³-hybridized carbons (Fsp3) is 0.500. The summed E-state index contributed by atoms with van der Waals surface area (Å²) in [5, 5.41) is 3.13. The molecule has 0 radical (unpaired) electrons. The van der Waals surface area contributed by atoms with Gasteiger partial charge in [0.05, 0.1) is 5.69 Å². The molecule has 2 atom stereocenters. The minimum absolute atomic E-state index is 0.0287. The molecule has 1 aliphatic heterocycles. The van der Waals surface area contributed by atoms with Gasteiger partial charge < -0.3 is 9.08 Å². The molecule has 1 saturated heterocycles. The summed E-state index contributed by atoms with van der Waals surface area (Å²) in [5.74, 6) is -1.75. The predicted octanol–water partition coefficient (Wildman–Crippen LogP) is 4.06. The van der Waals surface area contributed by atoms with Gasteiger partial charge >= 0.3 is 31.2 Å². The molecule has 1 unspecified atom stereocenters. The maximum absolute atomic E-state index is 13.1. The first-order valence-corrected chi connectivity index (χ1v) is 14.6. The Morgan fingerprint density at radius 3 is 2.18 bits per heavy atom. The van der Waals surface area contributed by atoms with Crippen LogP contribution in [-0.4, -0.2) is 60.4 Å². The van der Waals surface area contributed by atoms with Crippen molar-refractivity contribution in [2.24, 2.45) is 5.92 Å². The highest BCUT2D eigenvalue weighted by atomic mass is 35.5. The van der Waals surface area contributed by atoms with Crippen LogP contribution in [0.25, 0.3) is 0 Å². The number of alkyl halides is 6. The second-order valence-corrected chi connectivity index (χ2v) is 13.0. The molecule has 0 N–H and O–H groups in total. The monoisotopic (exact) mass is 643 g/mol. The molecule has 1 fully saturated rings. The molecule has 2 aliphatic rings. The van der Waals surface area contributed by atoms with E-state index >= 15 is 0 Å². The zero-order valence-corrected chi connectivity index (χ0v) is 22.4. The van der Waals surface area contributed by atoms with E-state index in [0.29, 0.717) is 12.8 Å². The average Bonchev–Trinajstić information content (AvgIpc) is 3.37. The Hall–Kier alpha value is -2.24. The summed E-state index contributed by atoms with van der Waals surface area (Å²) in [7, 11) is -11.6. The van der Waals surface area contributed by atoms with Crippen molar-refractivity contribution in [2.75, 3.05) is 6.54 Å². The van der Waals surface area contributed by atoms with Crippen molar-refractivity contribution in [1.82, 2.24) is 14.1 Å². The van der Waals surface area contributed by atoms with Gasteiger partial charge in [0.15, 0.2) is 0 Å². The van der Waals surface area contributed by atoms with Crippen LogP contribution in [0.3, 0.4) is 0 Å². The molecule has 2 heterocycles. The third-order valence-corrected chi connectivity index (χ3v) is 9.33. The minimum Gasteiger partial charge on any atom is -0.376 e. The van der Waals surface area contributed by atoms with Crippen LogP contribution >= 0.6 is 23.2 Å². The Morgan fingerprint density at radius 2 is 1.62 bits per heavy atom. The van der Waals surface area contributed by atoms with Crippen molar-refractivity contribution < 1.29 is 52.2 Å². The summed E-state index contributed by atoms with van der Waals surface area (Å²) >= 11 is 12.2. The van der Waals surface area contributed by atoms with Gasteiger partial charge in [-0.1, -0.05) is 23.2 Å². The van der Waals surface area contributed by atoms with E-state index in [2.05, 4.69) is 9.28 Å². The maximum Gasteiger partial charge on any atom is 0.534 e. The number of fused-ring (bicyclic) bond motifs is 1. The molecule has 2 aromatic rings. The van der Waals surface area contributed by atoms with Gasteiger partial charge in [-0.2, -0.15) is 52.4 Å². The second-order valence-electron chi connectivity index (χ2n) is 8.89. The van der Waals surface area contributed by atoms with Gasteiger partial charge in [-0.05, 0) is 43.2 Å². The van der Waals surface area contributed by atoms with Crippen molar-refractivity contribution in [1.29, 1.82) is 0 Å². The summed E-state index contributed by atoms with van der Waals surface area (Å²) in [6, 6.07) is 1.23. The molecule has 1 amide bonds. The van der Waals surface area contributed by atoms with Gasteiger partial charge in [0.25, 0.3) is 0 Å². The Morgan fingerprint density at radius 1 is 1.00 bits per heavy atom. The zero-order valence-electron chi connectivity index (χ0n) is 19.3. The number of rotatable bonds is 6. The summed E-state index contributed by atoms with van der Waals surface area (Å²) in [6.45, 7) is 0.277. The molecule has 1 aliphatic carbocycles. The van der Waals surface area contributed by atoms with Gasteiger partial charge in [-0.15, -0.1) is 0 Å². The van der Waals surface area contributed by atoms with Crippen LogP contribution < -0.4 is 4.18 Å². The molecule has 9 nitrogen and oxygen atoms in total. The number of aryl methyl sites for hydroxylation is 1. The first kappa shape index (κ1) is 29.7. The number of benzene rings is 1. The topological polar surface area (TPSA) is 116 Å². The fourth-order valence-corrected chi connectivity index (χ4v) is 6.26. The lowest BCUT2D eigenvalue weighted by molar-refractivity contribution is -0.133. The summed E-state index contributed by atoms with van der Waals surface area (Å²) in [5.41, 5.74) is -10.6. The van der Waals surface area contributed by atoms with Crippen LogP contribution in [0.1, 0.15) is 29.7 Å². The van der Waals surface area contributed by atoms with E-state index in [-0.39, 0.29) is 62.7 Å². The van der Waals surface area contributed by atoms with Crippen LogP contribution in [0, 0.1) is 5.92 Å². The van der Waals surface area contributed by atoms with E-state index in [1.807, 2.05) is 0 Å². The number of hydrogen-bond acceptors (Lipinski definition) is 7. The molecule has 216 valence electrons. The lowest BCUT2D eigenvalue weighted by Crippen LogP contribution is -2.41. The molecule has 19 heteroatoms. The number of carbonyl (C=O) groups excluding carboxylic acids is 1. The van der Waals surface area contributed by atoms with Gasteiger partial charge in [0.2, 0.25) is 5.91 Å². The van der Waals surface area contributed by atoms with E-state index in [0.717, 1.165) is 18.3 Å². The molecule has 0 bridgehead atoms. The molecule has 39 heavy (non-hydrogen) atoms. The predicted molar refractivity (Wildman–Crippen MR) is 124 cm³/mol. The Labute approximate surface area is 227 Å². The van der Waals surface area contributed by atoms with E-state index in [1.54, 1.807) is 0 Å². The van der Waals surface area contributed by atoms with Crippen LogP contribution in [-0.2, 0) is 44.2 Å². The standard InChI is InChI=1S/C20H17Cl2F6N3O6S2/c21-15-7-13(37-39(35,36)20(26,27)28)8-16(22)14(15)6-10-3-4-30(18(10)32)12-1-2-17-11(5-12)9-31(29-17)38(33,34)19(23,24)25/h7-10,12H,1-6H2/t10-,12?/m0/s1. The number of aromatic nitrogens is 2. The zero-order chi connectivity index (χ0) is 29.1. The van der Waals surface area contributed by atoms with Crippen LogP contribution in [0.15, 0.2) is 18.3 Å². The van der Waals surface area contributed by atoms with Gasteiger partial charge in [0, 0.05) is 46.9 Å². The molecule has 4 rings (SSSR count). The van der Waals surface area contributed by atoms with E-state index in [9.17, 15) is 48.0 Å². The summed E-state index contributed by atoms with van der Waals surface area (Å²) in [6.07, 6.45) is 1.66. The lowest BCUT2D eigenvalue weighted by atomic mass is 9.92. The fourth-order valence-electron chi connectivity index (χ4n) is 4.51. The van der Waals surface area contributed by atoms with Gasteiger partial charge in [-0.3, -0.25) is 4.79 Å². The van der Waals surface area contributed by atoms with Crippen LogP contribution in [0.4, 0.5) is 26.3 Å². The third-order valence-electron chi connectivity index (χ3n) is 6.41. The van der Waals surface area contributed by atoms with Gasteiger partial charge in [0.1, 0.15) is 5.75 Å². The molecule has 0 spiro atoms. The number of hydrogen-bond donors (Lipinski definition) is 0. The third kappa shape index (κ3) is 5.67. The normalized spacial score (nSPS) is 20.8. The van der Waals surface area contributed by atoms with Crippen LogP contribution in [0.5, 0.6) is 5.75 Å². The van der Waals surface area contributed by atoms with Crippen molar-refractivity contribution in [2.45, 2.75) is 49.2 Å². The Balaban J connectivity index is 1.46. The number of amides is 1. The van der Waals surface area contributed by atoms with E-state index < -0.39 is 48.9 Å². The van der Waals surface area contributed by atoms with Crippen molar-refractivity contribution in [3.8, 4) is 5.75 Å². The highest BCUT2D eigenvalue weighted by Crippen LogP contribution is 2.37. The molecular weight excluding hydrogens is 627 g/mol. The minimum atomic E-state index is -5.96. The van der Waals surface area contributed by atoms with Crippen molar-refractivity contribution in [3.63, 3.8) is 0 Å². The molecular formula is C20H17Cl2F6N3O6S2. The smallest absolute Gasteiger partial charge is 0.376 e. The number of likely N-dealkylation sites (tertiary alicyclic amines) is 1. The molecule has 1 aromatic heterocycles. The Bertz CT molecular complexity index is 1500. The number of carbonyl (C=O) groups is 1. The SMILES string of the molecule is O=C1[C@H](Cc2c(Cl)cc(OS(=O)(=O)C(F)(F)F)cc2Cl)CCN1C1CCc2nn(S(=O)(=O)C(F)(F)F)cc2C1. The summed E-state index contributed by atoms with van der Waals surface area (Å²) < 4.78 is 126. The first-order chi connectivity index (χ1) is 17.8. The second kappa shape index (κ2) is 9.99. The van der Waals surface area contributed by atoms with Gasteiger partial charge in [-0.25, -0.2) is 0 Å². The van der Waals surface area contributed by atoms with Crippen LogP contribution in [0.2, 0.25) is 10.0 Å². The molecule has 1 aromatic carbocycles. The largest absolute Gasteiger partial charge is 0.534 e. The number of nitrogens with zero attached hydrogens (tertiary/aromatic N) is 3. The number of halogens is 8.